The van der Waals surface area contributed by atoms with Crippen molar-refractivity contribution in [3.63, 3.8) is 0 Å². The molecule has 1 unspecified atom stereocenters. The molecular weight excluding hydrogens is 324 g/mol. The number of carbonyl (C=O) groups excluding carboxylic acids is 2. The molecule has 0 saturated carbocycles. The Morgan fingerprint density at radius 2 is 1.88 bits per heavy atom. The lowest BCUT2D eigenvalue weighted by molar-refractivity contribution is -0.145. The second-order valence-electron chi connectivity index (χ2n) is 6.81. The third-order valence-electron chi connectivity index (χ3n) is 4.78. The van der Waals surface area contributed by atoms with Gasteiger partial charge in [0, 0.05) is 23.1 Å². The van der Waals surface area contributed by atoms with E-state index in [4.69, 9.17) is 4.74 Å². The van der Waals surface area contributed by atoms with Crippen LogP contribution < -0.4 is 0 Å². The van der Waals surface area contributed by atoms with Crippen molar-refractivity contribution < 1.29 is 18.5 Å². The van der Waals surface area contributed by atoms with Gasteiger partial charge >= 0.3 is 5.97 Å². The molecule has 130 valence electrons. The highest BCUT2D eigenvalue weighted by Crippen LogP contribution is 2.47. The summed E-state index contributed by atoms with van der Waals surface area (Å²) in [5, 5.41) is 0. The number of Topliss-reactive ketones (excluding diaryl/α,β-unsaturated/α-hetero) is 1. The summed E-state index contributed by atoms with van der Waals surface area (Å²) in [4.78, 5) is 24.4. The average molecular weight is 348 g/mol. The van der Waals surface area contributed by atoms with Crippen LogP contribution in [0.25, 0.3) is 0 Å². The summed E-state index contributed by atoms with van der Waals surface area (Å²) in [6.07, 6.45) is 0.743. The number of esters is 1. The predicted octanol–water partition coefficient (Wildman–Crippen LogP) is 3.29. The van der Waals surface area contributed by atoms with E-state index in [1.807, 2.05) is 44.2 Å². The average Bonchev–Trinajstić information content (AvgIpc) is 2.75. The minimum Gasteiger partial charge on any atom is -0.457 e. The van der Waals surface area contributed by atoms with Gasteiger partial charge in [-0.2, -0.15) is 0 Å². The molecule has 0 aromatic heterocycles. The lowest BCUT2D eigenvalue weighted by atomic mass is 9.77. The van der Waals surface area contributed by atoms with E-state index in [0.29, 0.717) is 11.3 Å². The first kappa shape index (κ1) is 18.6. The number of hydrogen-bond acceptors (Lipinski definition) is 4. The Kier molecular flexibility index (Phi) is 5.75. The van der Waals surface area contributed by atoms with Crippen LogP contribution in [0.3, 0.4) is 0 Å². The minimum atomic E-state index is -1.19. The highest BCUT2D eigenvalue weighted by Gasteiger charge is 2.42. The van der Waals surface area contributed by atoms with Crippen molar-refractivity contribution in [3.05, 3.63) is 41.5 Å². The molecule has 0 fully saturated rings. The monoisotopic (exact) mass is 348 g/mol. The highest BCUT2D eigenvalue weighted by molar-refractivity contribution is 7.85. The van der Waals surface area contributed by atoms with Gasteiger partial charge in [-0.3, -0.25) is 13.8 Å². The summed E-state index contributed by atoms with van der Waals surface area (Å²) in [6.45, 7) is 7.18. The molecule has 1 aliphatic carbocycles. The number of ketones is 1. The zero-order valence-electron chi connectivity index (χ0n) is 14.6. The van der Waals surface area contributed by atoms with Crippen LogP contribution in [-0.4, -0.2) is 28.3 Å². The normalized spacial score (nSPS) is 20.8. The van der Waals surface area contributed by atoms with Crippen LogP contribution in [-0.2, 0) is 25.1 Å². The van der Waals surface area contributed by atoms with Gasteiger partial charge in [-0.25, -0.2) is 0 Å². The fourth-order valence-electron chi connectivity index (χ4n) is 3.17. The van der Waals surface area contributed by atoms with E-state index < -0.39 is 16.8 Å². The molecule has 0 heterocycles. The fraction of sp³-hybridized carbons (Fsp3) is 0.474. The first-order chi connectivity index (χ1) is 11.2. The van der Waals surface area contributed by atoms with Gasteiger partial charge in [0.25, 0.3) is 0 Å². The standard InChI is InChI=1S/C19H24O4S/c1-13-10-15(12-24(22)16-8-6-5-7-9-16)18(19(13,3)4)17(21)11-23-14(2)20/h5-9,13H,10-12H2,1-4H3/t13-,24?/m1/s1. The number of benzene rings is 1. The maximum Gasteiger partial charge on any atom is 0.303 e. The summed E-state index contributed by atoms with van der Waals surface area (Å²) in [7, 11) is -1.19. The van der Waals surface area contributed by atoms with Gasteiger partial charge < -0.3 is 4.74 Å². The molecule has 2 atom stereocenters. The van der Waals surface area contributed by atoms with Crippen LogP contribution in [0.4, 0.5) is 0 Å². The minimum absolute atomic E-state index is 0.181. The molecule has 0 amide bonds. The van der Waals surface area contributed by atoms with Crippen LogP contribution in [0.15, 0.2) is 46.4 Å². The molecule has 4 nitrogen and oxygen atoms in total. The lowest BCUT2D eigenvalue weighted by Crippen LogP contribution is -2.27. The second kappa shape index (κ2) is 7.43. The third-order valence-corrected chi connectivity index (χ3v) is 6.19. The Bertz CT molecular complexity index is 689. The molecule has 0 bridgehead atoms. The van der Waals surface area contributed by atoms with Gasteiger partial charge in [-0.1, -0.05) is 39.0 Å². The summed E-state index contributed by atoms with van der Waals surface area (Å²) in [5.74, 6) is -0.0303. The van der Waals surface area contributed by atoms with Crippen molar-refractivity contribution in [2.24, 2.45) is 11.3 Å². The van der Waals surface area contributed by atoms with E-state index in [9.17, 15) is 13.8 Å². The summed E-state index contributed by atoms with van der Waals surface area (Å²) < 4.78 is 17.5. The van der Waals surface area contributed by atoms with Gasteiger partial charge in [0.1, 0.15) is 0 Å². The van der Waals surface area contributed by atoms with E-state index in [1.165, 1.54) is 6.92 Å². The van der Waals surface area contributed by atoms with Crippen LogP contribution >= 0.6 is 0 Å². The van der Waals surface area contributed by atoms with Crippen LogP contribution in [0.1, 0.15) is 34.1 Å². The quantitative estimate of drug-likeness (QED) is 0.740. The largest absolute Gasteiger partial charge is 0.457 e. The molecule has 1 aromatic rings. The Balaban J connectivity index is 2.28. The van der Waals surface area contributed by atoms with Crippen LogP contribution in [0, 0.1) is 11.3 Å². The topological polar surface area (TPSA) is 60.4 Å². The Hall–Kier alpha value is -1.75. The third kappa shape index (κ3) is 4.01. The smallest absolute Gasteiger partial charge is 0.303 e. The number of carbonyl (C=O) groups is 2. The SMILES string of the molecule is CC(=O)OCC(=O)C1=C(CS(=O)c2ccccc2)C[C@@H](C)C1(C)C. The molecule has 1 aliphatic rings. The number of hydrogen-bond donors (Lipinski definition) is 0. The Morgan fingerprint density at radius 1 is 1.25 bits per heavy atom. The van der Waals surface area contributed by atoms with Gasteiger partial charge in [0.15, 0.2) is 12.4 Å². The first-order valence-electron chi connectivity index (χ1n) is 8.06. The van der Waals surface area contributed by atoms with E-state index >= 15 is 0 Å². The van der Waals surface area contributed by atoms with Crippen molar-refractivity contribution >= 4 is 22.6 Å². The lowest BCUT2D eigenvalue weighted by Gasteiger charge is -2.27. The van der Waals surface area contributed by atoms with Crippen molar-refractivity contribution in [1.29, 1.82) is 0 Å². The maximum absolute atomic E-state index is 12.6. The van der Waals surface area contributed by atoms with Gasteiger partial charge in [-0.15, -0.1) is 0 Å². The van der Waals surface area contributed by atoms with Crippen molar-refractivity contribution in [3.8, 4) is 0 Å². The molecule has 0 N–H and O–H groups in total. The Morgan fingerprint density at radius 3 is 2.46 bits per heavy atom. The van der Waals surface area contributed by atoms with Crippen molar-refractivity contribution in [1.82, 2.24) is 0 Å². The number of ether oxygens (including phenoxy) is 1. The van der Waals surface area contributed by atoms with E-state index in [0.717, 1.165) is 16.9 Å². The molecule has 5 heteroatoms. The van der Waals surface area contributed by atoms with Crippen LogP contribution in [0.5, 0.6) is 0 Å². The molecular formula is C19H24O4S. The summed E-state index contributed by atoms with van der Waals surface area (Å²) in [5.41, 5.74) is 1.29. The molecule has 1 aromatic carbocycles. The van der Waals surface area contributed by atoms with Crippen LogP contribution in [0.2, 0.25) is 0 Å². The van der Waals surface area contributed by atoms with Crippen molar-refractivity contribution in [2.45, 2.75) is 39.0 Å². The fourth-order valence-corrected chi connectivity index (χ4v) is 4.38. The van der Waals surface area contributed by atoms with Gasteiger partial charge in [-0.05, 0) is 35.5 Å². The number of rotatable bonds is 6. The first-order valence-corrected chi connectivity index (χ1v) is 9.38. The summed E-state index contributed by atoms with van der Waals surface area (Å²) >= 11 is 0. The zero-order chi connectivity index (χ0) is 17.9. The van der Waals surface area contributed by atoms with E-state index in [-0.39, 0.29) is 23.7 Å². The molecule has 0 aliphatic heterocycles. The second-order valence-corrected chi connectivity index (χ2v) is 8.26. The van der Waals surface area contributed by atoms with E-state index in [1.54, 1.807) is 0 Å². The van der Waals surface area contributed by atoms with Crippen molar-refractivity contribution in [2.75, 3.05) is 12.4 Å². The predicted molar refractivity (Wildman–Crippen MR) is 93.9 cm³/mol. The van der Waals surface area contributed by atoms with Gasteiger partial charge in [0.2, 0.25) is 0 Å². The molecule has 0 radical (unpaired) electrons. The summed E-state index contributed by atoms with van der Waals surface area (Å²) in [6, 6.07) is 9.26. The molecule has 2 rings (SSSR count). The Labute approximate surface area is 145 Å². The molecule has 0 saturated heterocycles. The van der Waals surface area contributed by atoms with E-state index in [2.05, 4.69) is 6.92 Å². The molecule has 24 heavy (non-hydrogen) atoms. The highest BCUT2D eigenvalue weighted by atomic mass is 32.2. The molecule has 0 spiro atoms. The van der Waals surface area contributed by atoms with Gasteiger partial charge in [0.05, 0.1) is 10.8 Å². The zero-order valence-corrected chi connectivity index (χ0v) is 15.4. The maximum atomic E-state index is 12.6.